The van der Waals surface area contributed by atoms with Crippen molar-refractivity contribution in [1.29, 1.82) is 0 Å². The van der Waals surface area contributed by atoms with Gasteiger partial charge in [0, 0.05) is 25.7 Å². The Morgan fingerprint density at radius 2 is 1.65 bits per heavy atom. The molecule has 3 aromatic rings. The van der Waals surface area contributed by atoms with Gasteiger partial charge in [-0.3, -0.25) is 4.79 Å². The van der Waals surface area contributed by atoms with E-state index in [9.17, 15) is 13.2 Å². The molecule has 2 aliphatic rings. The van der Waals surface area contributed by atoms with Crippen molar-refractivity contribution in [2.75, 3.05) is 32.8 Å². The van der Waals surface area contributed by atoms with Gasteiger partial charge in [0.25, 0.3) is 0 Å². The maximum absolute atomic E-state index is 13.1. The van der Waals surface area contributed by atoms with Crippen molar-refractivity contribution in [3.63, 3.8) is 0 Å². The van der Waals surface area contributed by atoms with Crippen LogP contribution in [0.25, 0.3) is 16.8 Å². The average molecular weight is 477 g/mol. The lowest BCUT2D eigenvalue weighted by Gasteiger charge is -2.26. The van der Waals surface area contributed by atoms with Crippen LogP contribution >= 0.6 is 0 Å². The summed E-state index contributed by atoms with van der Waals surface area (Å²) in [5.74, 6) is -0.0274. The van der Waals surface area contributed by atoms with Crippen LogP contribution in [-0.2, 0) is 19.6 Å². The Balaban J connectivity index is 1.31. The maximum atomic E-state index is 13.1. The summed E-state index contributed by atoms with van der Waals surface area (Å²) in [7, 11) is -3.52. The van der Waals surface area contributed by atoms with Gasteiger partial charge in [-0.2, -0.15) is 4.31 Å². The van der Waals surface area contributed by atoms with Crippen LogP contribution in [0, 0.1) is 0 Å². The van der Waals surface area contributed by atoms with Gasteiger partial charge in [0.15, 0.2) is 0 Å². The molecule has 2 fully saturated rings. The Morgan fingerprint density at radius 1 is 0.912 bits per heavy atom. The van der Waals surface area contributed by atoms with Crippen molar-refractivity contribution in [3.05, 3.63) is 83.9 Å². The molecule has 7 heteroatoms. The first-order chi connectivity index (χ1) is 16.5. The zero-order chi connectivity index (χ0) is 23.5. The fraction of sp³-hybridized carbons (Fsp3) is 0.296. The normalized spacial score (nSPS) is 19.8. The van der Waals surface area contributed by atoms with Gasteiger partial charge >= 0.3 is 0 Å². The number of hydrogen-bond acceptors (Lipinski definition) is 4. The number of morpholine rings is 1. The van der Waals surface area contributed by atoms with E-state index < -0.39 is 10.0 Å². The minimum atomic E-state index is -3.52. The van der Waals surface area contributed by atoms with Crippen molar-refractivity contribution in [2.45, 2.75) is 23.8 Å². The van der Waals surface area contributed by atoms with Crippen LogP contribution in [0.3, 0.4) is 0 Å². The minimum Gasteiger partial charge on any atom is -0.379 e. The van der Waals surface area contributed by atoms with Gasteiger partial charge in [0.05, 0.1) is 24.2 Å². The molecule has 2 saturated heterocycles. The third-order valence-corrected chi connectivity index (χ3v) is 8.54. The third-order valence-electron chi connectivity index (χ3n) is 6.62. The highest BCUT2D eigenvalue weighted by Crippen LogP contribution is 2.36. The molecule has 34 heavy (non-hydrogen) atoms. The second-order valence-electron chi connectivity index (χ2n) is 8.68. The third kappa shape index (κ3) is 4.51. The zero-order valence-corrected chi connectivity index (χ0v) is 19.8. The Morgan fingerprint density at radius 3 is 2.44 bits per heavy atom. The number of hydrogen-bond donors (Lipinski definition) is 0. The van der Waals surface area contributed by atoms with E-state index in [2.05, 4.69) is 30.3 Å². The summed E-state index contributed by atoms with van der Waals surface area (Å²) < 4.78 is 32.3. The summed E-state index contributed by atoms with van der Waals surface area (Å²) in [4.78, 5) is 15.3. The molecule has 0 saturated carbocycles. The van der Waals surface area contributed by atoms with Gasteiger partial charge in [-0.05, 0) is 52.9 Å². The Bertz CT molecular complexity index is 1310. The van der Waals surface area contributed by atoms with Crippen molar-refractivity contribution in [2.24, 2.45) is 0 Å². The predicted molar refractivity (Wildman–Crippen MR) is 133 cm³/mol. The van der Waals surface area contributed by atoms with Gasteiger partial charge in [0.2, 0.25) is 15.9 Å². The molecule has 1 atom stereocenters. The Kier molecular flexibility index (Phi) is 6.50. The molecule has 2 heterocycles. The molecule has 0 radical (unpaired) electrons. The molecule has 176 valence electrons. The number of carbonyl (C=O) groups is 1. The van der Waals surface area contributed by atoms with Crippen molar-refractivity contribution in [3.8, 4) is 0 Å². The molecule has 0 N–H and O–H groups in total. The SMILES string of the molecule is O=C(/C=C/c1ccc(S(=O)(=O)N2CCOCC2)cc1)N1CCCC1c1cccc2ccccc12. The predicted octanol–water partition coefficient (Wildman–Crippen LogP) is 4.24. The van der Waals surface area contributed by atoms with E-state index in [-0.39, 0.29) is 16.8 Å². The molecule has 3 aromatic carbocycles. The van der Waals surface area contributed by atoms with Gasteiger partial charge in [-0.25, -0.2) is 8.42 Å². The van der Waals surface area contributed by atoms with Crippen LogP contribution < -0.4 is 0 Å². The first kappa shape index (κ1) is 22.8. The minimum absolute atomic E-state index is 0.0274. The lowest BCUT2D eigenvalue weighted by Crippen LogP contribution is -2.40. The number of carbonyl (C=O) groups excluding carboxylic acids is 1. The molecule has 2 aliphatic heterocycles. The molecule has 0 bridgehead atoms. The second-order valence-corrected chi connectivity index (χ2v) is 10.6. The Hall–Kier alpha value is -3.00. The van der Waals surface area contributed by atoms with Crippen LogP contribution in [0.4, 0.5) is 0 Å². The van der Waals surface area contributed by atoms with Crippen molar-refractivity contribution < 1.29 is 17.9 Å². The summed E-state index contributed by atoms with van der Waals surface area (Å²) in [6, 6.07) is 21.3. The quantitative estimate of drug-likeness (QED) is 0.517. The maximum Gasteiger partial charge on any atom is 0.247 e. The van der Waals surface area contributed by atoms with Crippen molar-refractivity contribution >= 4 is 32.8 Å². The summed E-state index contributed by atoms with van der Waals surface area (Å²) >= 11 is 0. The summed E-state index contributed by atoms with van der Waals surface area (Å²) in [6.07, 6.45) is 5.27. The summed E-state index contributed by atoms with van der Waals surface area (Å²) in [6.45, 7) is 2.29. The average Bonchev–Trinajstić information content (AvgIpc) is 3.38. The number of rotatable bonds is 5. The fourth-order valence-electron chi connectivity index (χ4n) is 4.85. The van der Waals surface area contributed by atoms with E-state index in [1.807, 2.05) is 17.0 Å². The van der Waals surface area contributed by atoms with Crippen LogP contribution in [0.5, 0.6) is 0 Å². The second kappa shape index (κ2) is 9.70. The van der Waals surface area contributed by atoms with Gasteiger partial charge < -0.3 is 9.64 Å². The van der Waals surface area contributed by atoms with Gasteiger partial charge in [0.1, 0.15) is 0 Å². The number of nitrogens with zero attached hydrogens (tertiary/aromatic N) is 2. The van der Waals surface area contributed by atoms with E-state index in [0.29, 0.717) is 26.3 Å². The van der Waals surface area contributed by atoms with Crippen LogP contribution in [0.15, 0.2) is 77.7 Å². The highest BCUT2D eigenvalue weighted by Gasteiger charge is 2.30. The van der Waals surface area contributed by atoms with E-state index in [0.717, 1.165) is 24.9 Å². The summed E-state index contributed by atoms with van der Waals surface area (Å²) in [5, 5.41) is 2.37. The highest BCUT2D eigenvalue weighted by atomic mass is 32.2. The van der Waals surface area contributed by atoms with E-state index in [1.165, 1.54) is 20.6 Å². The first-order valence-electron chi connectivity index (χ1n) is 11.7. The van der Waals surface area contributed by atoms with E-state index >= 15 is 0 Å². The highest BCUT2D eigenvalue weighted by molar-refractivity contribution is 7.89. The van der Waals surface area contributed by atoms with Crippen LogP contribution in [0.1, 0.15) is 30.0 Å². The topological polar surface area (TPSA) is 66.9 Å². The van der Waals surface area contributed by atoms with Crippen molar-refractivity contribution in [1.82, 2.24) is 9.21 Å². The molecular formula is C27H28N2O4S. The molecule has 6 nitrogen and oxygen atoms in total. The standard InChI is InChI=1S/C27H28N2O4S/c30-27(29-16-4-9-26(29)25-8-3-6-22-5-1-2-7-24(22)25)15-12-21-10-13-23(14-11-21)34(31,32)28-17-19-33-20-18-28/h1-3,5-8,10-15,26H,4,9,16-20H2/b15-12+. The molecule has 1 amide bonds. The van der Waals surface area contributed by atoms with Crippen LogP contribution in [0.2, 0.25) is 0 Å². The lowest BCUT2D eigenvalue weighted by molar-refractivity contribution is -0.126. The van der Waals surface area contributed by atoms with Crippen LogP contribution in [-0.4, -0.2) is 56.4 Å². The summed E-state index contributed by atoms with van der Waals surface area (Å²) in [5.41, 5.74) is 1.98. The number of amides is 1. The molecule has 0 aromatic heterocycles. The molecular weight excluding hydrogens is 448 g/mol. The molecule has 0 aliphatic carbocycles. The Labute approximate surface area is 200 Å². The number of ether oxygens (including phenoxy) is 1. The smallest absolute Gasteiger partial charge is 0.247 e. The first-order valence-corrected chi connectivity index (χ1v) is 13.1. The molecule has 5 rings (SSSR count). The zero-order valence-electron chi connectivity index (χ0n) is 19.0. The number of sulfonamides is 1. The largest absolute Gasteiger partial charge is 0.379 e. The van der Waals surface area contributed by atoms with E-state index in [1.54, 1.807) is 36.4 Å². The number of fused-ring (bicyclic) bond motifs is 1. The van der Waals surface area contributed by atoms with E-state index in [4.69, 9.17) is 4.74 Å². The van der Waals surface area contributed by atoms with Gasteiger partial charge in [-0.15, -0.1) is 0 Å². The lowest BCUT2D eigenvalue weighted by atomic mass is 9.97. The number of likely N-dealkylation sites (tertiary alicyclic amines) is 1. The monoisotopic (exact) mass is 476 g/mol. The molecule has 1 unspecified atom stereocenters. The fourth-order valence-corrected chi connectivity index (χ4v) is 6.25. The molecule has 0 spiro atoms. The van der Waals surface area contributed by atoms with Gasteiger partial charge in [-0.1, -0.05) is 54.6 Å². The number of benzene rings is 3.